The van der Waals surface area contributed by atoms with Gasteiger partial charge in [0.15, 0.2) is 0 Å². The number of amides is 1. The second-order valence-electron chi connectivity index (χ2n) is 5.38. The van der Waals surface area contributed by atoms with Gasteiger partial charge in [0.05, 0.1) is 0 Å². The van der Waals surface area contributed by atoms with E-state index in [2.05, 4.69) is 0 Å². The predicted octanol–water partition coefficient (Wildman–Crippen LogP) is 2.03. The summed E-state index contributed by atoms with van der Waals surface area (Å²) in [5.41, 5.74) is -0.921. The number of nitrogens with zero attached hydrogens (tertiary/aromatic N) is 1. The van der Waals surface area contributed by atoms with Gasteiger partial charge in [-0.15, -0.1) is 0 Å². The standard InChI is InChI=1S/C13H21NO3/c1-10-6-2-4-8-13(10,12(16)17)14-9-5-3-7-11(14)15/h10H,2-9H2,1H3,(H,16,17). The van der Waals surface area contributed by atoms with Crippen molar-refractivity contribution in [2.24, 2.45) is 5.92 Å². The molecule has 1 saturated heterocycles. The molecule has 1 saturated carbocycles. The van der Waals surface area contributed by atoms with Crippen LogP contribution in [0, 0.1) is 5.92 Å². The van der Waals surface area contributed by atoms with Crippen LogP contribution in [0.25, 0.3) is 0 Å². The molecule has 1 N–H and O–H groups in total. The third kappa shape index (κ3) is 1.94. The van der Waals surface area contributed by atoms with Crippen molar-refractivity contribution in [3.63, 3.8) is 0 Å². The quantitative estimate of drug-likeness (QED) is 0.802. The smallest absolute Gasteiger partial charge is 0.329 e. The number of carboxylic acid groups (broad SMARTS) is 1. The minimum atomic E-state index is -0.921. The maximum atomic E-state index is 12.0. The van der Waals surface area contributed by atoms with Crippen LogP contribution in [0.3, 0.4) is 0 Å². The van der Waals surface area contributed by atoms with E-state index in [0.29, 0.717) is 19.4 Å². The van der Waals surface area contributed by atoms with E-state index >= 15 is 0 Å². The minimum absolute atomic E-state index is 0.0346. The Kier molecular flexibility index (Phi) is 3.40. The van der Waals surface area contributed by atoms with Crippen LogP contribution < -0.4 is 0 Å². The lowest BCUT2D eigenvalue weighted by Crippen LogP contribution is -2.63. The van der Waals surface area contributed by atoms with Crippen molar-refractivity contribution in [1.29, 1.82) is 0 Å². The fourth-order valence-electron chi connectivity index (χ4n) is 3.39. The van der Waals surface area contributed by atoms with Crippen molar-refractivity contribution in [2.45, 2.75) is 57.4 Å². The van der Waals surface area contributed by atoms with Crippen LogP contribution in [0.5, 0.6) is 0 Å². The topological polar surface area (TPSA) is 57.6 Å². The van der Waals surface area contributed by atoms with Gasteiger partial charge in [-0.2, -0.15) is 0 Å². The number of piperidine rings is 1. The molecule has 0 spiro atoms. The minimum Gasteiger partial charge on any atom is -0.479 e. The molecule has 2 rings (SSSR count). The molecule has 2 atom stereocenters. The summed E-state index contributed by atoms with van der Waals surface area (Å²) >= 11 is 0. The van der Waals surface area contributed by atoms with Crippen molar-refractivity contribution in [2.75, 3.05) is 6.54 Å². The number of hydrogen-bond acceptors (Lipinski definition) is 2. The molecular formula is C13H21NO3. The molecule has 1 aliphatic carbocycles. The van der Waals surface area contributed by atoms with E-state index < -0.39 is 11.5 Å². The largest absolute Gasteiger partial charge is 0.479 e. The normalized spacial score (nSPS) is 34.8. The summed E-state index contributed by atoms with van der Waals surface area (Å²) in [6.07, 6.45) is 5.89. The number of carbonyl (C=O) groups is 2. The molecule has 0 aromatic carbocycles. The first-order valence-electron chi connectivity index (χ1n) is 6.63. The summed E-state index contributed by atoms with van der Waals surface area (Å²) in [4.78, 5) is 25.4. The molecule has 0 bridgehead atoms. The van der Waals surface area contributed by atoms with E-state index in [9.17, 15) is 14.7 Å². The highest BCUT2D eigenvalue weighted by atomic mass is 16.4. The molecule has 96 valence electrons. The monoisotopic (exact) mass is 239 g/mol. The summed E-state index contributed by atoms with van der Waals surface area (Å²) in [6.45, 7) is 2.60. The molecule has 0 aromatic heterocycles. The average Bonchev–Trinajstić information content (AvgIpc) is 2.30. The first-order valence-corrected chi connectivity index (χ1v) is 6.63. The lowest BCUT2D eigenvalue weighted by molar-refractivity contribution is -0.168. The van der Waals surface area contributed by atoms with Gasteiger partial charge in [-0.1, -0.05) is 19.8 Å². The van der Waals surface area contributed by atoms with E-state index in [1.165, 1.54) is 0 Å². The molecule has 2 aliphatic rings. The van der Waals surface area contributed by atoms with Crippen molar-refractivity contribution >= 4 is 11.9 Å². The fourth-order valence-corrected chi connectivity index (χ4v) is 3.39. The zero-order valence-electron chi connectivity index (χ0n) is 10.4. The van der Waals surface area contributed by atoms with Crippen LogP contribution in [-0.4, -0.2) is 34.0 Å². The van der Waals surface area contributed by atoms with E-state index in [-0.39, 0.29) is 11.8 Å². The van der Waals surface area contributed by atoms with Gasteiger partial charge in [-0.3, -0.25) is 4.79 Å². The molecule has 1 aliphatic heterocycles. The summed E-state index contributed by atoms with van der Waals surface area (Å²) in [7, 11) is 0. The van der Waals surface area contributed by atoms with E-state index in [0.717, 1.165) is 32.1 Å². The van der Waals surface area contributed by atoms with Gasteiger partial charge >= 0.3 is 5.97 Å². The van der Waals surface area contributed by atoms with Gasteiger partial charge < -0.3 is 10.0 Å². The Morgan fingerprint density at radius 3 is 2.71 bits per heavy atom. The van der Waals surface area contributed by atoms with Crippen LogP contribution in [0.2, 0.25) is 0 Å². The third-order valence-corrected chi connectivity index (χ3v) is 4.44. The Bertz CT molecular complexity index is 329. The highest BCUT2D eigenvalue weighted by Gasteiger charge is 2.51. The van der Waals surface area contributed by atoms with Crippen LogP contribution in [0.4, 0.5) is 0 Å². The summed E-state index contributed by atoms with van der Waals surface area (Å²) < 4.78 is 0. The number of hydrogen-bond donors (Lipinski definition) is 1. The van der Waals surface area contributed by atoms with E-state index in [1.807, 2.05) is 6.92 Å². The van der Waals surface area contributed by atoms with Gasteiger partial charge in [0.1, 0.15) is 5.54 Å². The van der Waals surface area contributed by atoms with Crippen molar-refractivity contribution in [1.82, 2.24) is 4.90 Å². The summed E-state index contributed by atoms with van der Waals surface area (Å²) in [5.74, 6) is -0.705. The van der Waals surface area contributed by atoms with Crippen molar-refractivity contribution < 1.29 is 14.7 Å². The first kappa shape index (κ1) is 12.4. The zero-order chi connectivity index (χ0) is 12.5. The molecule has 17 heavy (non-hydrogen) atoms. The average molecular weight is 239 g/mol. The molecule has 1 heterocycles. The van der Waals surface area contributed by atoms with Crippen LogP contribution in [-0.2, 0) is 9.59 Å². The number of aliphatic carboxylic acids is 1. The van der Waals surface area contributed by atoms with Crippen LogP contribution in [0.15, 0.2) is 0 Å². The maximum absolute atomic E-state index is 12.0. The Labute approximate surface area is 102 Å². The van der Waals surface area contributed by atoms with Crippen LogP contribution in [0.1, 0.15) is 51.9 Å². The predicted molar refractivity (Wildman–Crippen MR) is 63.6 cm³/mol. The molecule has 1 amide bonds. The molecule has 0 aromatic rings. The second-order valence-corrected chi connectivity index (χ2v) is 5.38. The van der Waals surface area contributed by atoms with Gasteiger partial charge in [0.2, 0.25) is 5.91 Å². The number of likely N-dealkylation sites (tertiary alicyclic amines) is 1. The Morgan fingerprint density at radius 1 is 1.35 bits per heavy atom. The zero-order valence-corrected chi connectivity index (χ0v) is 10.4. The maximum Gasteiger partial charge on any atom is 0.329 e. The Balaban J connectivity index is 2.32. The van der Waals surface area contributed by atoms with Gasteiger partial charge in [-0.05, 0) is 31.6 Å². The first-order chi connectivity index (χ1) is 8.09. The Morgan fingerprint density at radius 2 is 2.12 bits per heavy atom. The highest BCUT2D eigenvalue weighted by molar-refractivity contribution is 5.88. The number of carbonyl (C=O) groups excluding carboxylic acids is 1. The third-order valence-electron chi connectivity index (χ3n) is 4.44. The fraction of sp³-hybridized carbons (Fsp3) is 0.846. The summed E-state index contributed by atoms with van der Waals surface area (Å²) in [6, 6.07) is 0. The molecular weight excluding hydrogens is 218 g/mol. The van der Waals surface area contributed by atoms with E-state index in [1.54, 1.807) is 4.90 Å². The molecule has 4 heteroatoms. The SMILES string of the molecule is CC1CCCCC1(C(=O)O)N1CCCCC1=O. The Hall–Kier alpha value is -1.06. The molecule has 4 nitrogen and oxygen atoms in total. The molecule has 2 unspecified atom stereocenters. The van der Waals surface area contributed by atoms with Gasteiger partial charge in [0, 0.05) is 13.0 Å². The van der Waals surface area contributed by atoms with Gasteiger partial charge in [-0.25, -0.2) is 4.79 Å². The number of carboxylic acids is 1. The summed E-state index contributed by atoms with van der Waals surface area (Å²) in [5, 5.41) is 9.64. The lowest BCUT2D eigenvalue weighted by atomic mass is 9.71. The molecule has 2 fully saturated rings. The van der Waals surface area contributed by atoms with Crippen molar-refractivity contribution in [3.05, 3.63) is 0 Å². The molecule has 0 radical (unpaired) electrons. The highest BCUT2D eigenvalue weighted by Crippen LogP contribution is 2.40. The van der Waals surface area contributed by atoms with Crippen LogP contribution >= 0.6 is 0 Å². The van der Waals surface area contributed by atoms with Gasteiger partial charge in [0.25, 0.3) is 0 Å². The lowest BCUT2D eigenvalue weighted by Gasteiger charge is -2.48. The van der Waals surface area contributed by atoms with Crippen molar-refractivity contribution in [3.8, 4) is 0 Å². The second kappa shape index (κ2) is 4.67. The van der Waals surface area contributed by atoms with E-state index in [4.69, 9.17) is 0 Å². The number of rotatable bonds is 2.